The van der Waals surface area contributed by atoms with Crippen LogP contribution in [0.3, 0.4) is 0 Å². The summed E-state index contributed by atoms with van der Waals surface area (Å²) in [4.78, 5) is 0. The predicted octanol–water partition coefficient (Wildman–Crippen LogP) is 2.48. The first-order valence-corrected chi connectivity index (χ1v) is 6.27. The Morgan fingerprint density at radius 2 is 2.06 bits per heavy atom. The Morgan fingerprint density at radius 1 is 1.41 bits per heavy atom. The van der Waals surface area contributed by atoms with Crippen molar-refractivity contribution in [1.82, 2.24) is 15.1 Å². The maximum atomic E-state index is 5.84. The van der Waals surface area contributed by atoms with Crippen LogP contribution in [0.15, 0.2) is 0 Å². The average molecular weight is 237 g/mol. The summed E-state index contributed by atoms with van der Waals surface area (Å²) in [6.07, 6.45) is -0.0162. The van der Waals surface area contributed by atoms with Crippen molar-refractivity contribution < 1.29 is 4.74 Å². The van der Waals surface area contributed by atoms with Gasteiger partial charge in [-0.25, -0.2) is 0 Å². The molecule has 0 aromatic carbocycles. The zero-order chi connectivity index (χ0) is 12.8. The van der Waals surface area contributed by atoms with Crippen LogP contribution in [-0.4, -0.2) is 21.9 Å². The molecular formula is C13H23N3O. The van der Waals surface area contributed by atoms with Gasteiger partial charge in [-0.3, -0.25) is 10.00 Å². The van der Waals surface area contributed by atoms with E-state index in [4.69, 9.17) is 4.74 Å². The Morgan fingerprint density at radius 3 is 2.47 bits per heavy atom. The van der Waals surface area contributed by atoms with E-state index < -0.39 is 0 Å². The highest BCUT2D eigenvalue weighted by molar-refractivity contribution is 5.28. The van der Waals surface area contributed by atoms with Crippen LogP contribution in [0, 0.1) is 13.8 Å². The van der Waals surface area contributed by atoms with Crippen molar-refractivity contribution in [1.29, 1.82) is 0 Å². The third-order valence-corrected chi connectivity index (χ3v) is 3.26. The lowest BCUT2D eigenvalue weighted by Crippen LogP contribution is -2.36. The second-order valence-corrected chi connectivity index (χ2v) is 5.84. The van der Waals surface area contributed by atoms with Gasteiger partial charge in [0.2, 0.25) is 0 Å². The number of ether oxygens (including phenoxy) is 1. The van der Waals surface area contributed by atoms with Crippen molar-refractivity contribution >= 4 is 0 Å². The molecule has 0 aliphatic carbocycles. The van der Waals surface area contributed by atoms with E-state index in [1.165, 1.54) is 11.3 Å². The fraction of sp³-hybridized carbons (Fsp3) is 0.769. The Labute approximate surface area is 103 Å². The van der Waals surface area contributed by atoms with E-state index in [9.17, 15) is 0 Å². The molecular weight excluding hydrogens is 214 g/mol. The molecule has 0 saturated carbocycles. The molecule has 4 nitrogen and oxygen atoms in total. The van der Waals surface area contributed by atoms with Gasteiger partial charge in [0.15, 0.2) is 0 Å². The highest BCUT2D eigenvalue weighted by atomic mass is 16.5. The molecule has 2 rings (SSSR count). The van der Waals surface area contributed by atoms with Crippen molar-refractivity contribution in [3.8, 4) is 0 Å². The van der Waals surface area contributed by atoms with Crippen LogP contribution in [0.5, 0.6) is 0 Å². The summed E-state index contributed by atoms with van der Waals surface area (Å²) in [5, 5.41) is 8.10. The first-order valence-electron chi connectivity index (χ1n) is 6.27. The second-order valence-electron chi connectivity index (χ2n) is 5.84. The van der Waals surface area contributed by atoms with Crippen LogP contribution in [0.4, 0.5) is 0 Å². The van der Waals surface area contributed by atoms with E-state index in [-0.39, 0.29) is 11.8 Å². The van der Waals surface area contributed by atoms with Gasteiger partial charge in [0, 0.05) is 22.8 Å². The molecule has 1 saturated heterocycles. The predicted molar refractivity (Wildman–Crippen MR) is 68.0 cm³/mol. The minimum Gasteiger partial charge on any atom is -0.357 e. The highest BCUT2D eigenvalue weighted by Gasteiger charge is 2.34. The monoisotopic (exact) mass is 237 g/mol. The third-order valence-electron chi connectivity index (χ3n) is 3.26. The average Bonchev–Trinajstić information content (AvgIpc) is 2.67. The molecule has 1 atom stereocenters. The molecule has 1 aliphatic heterocycles. The van der Waals surface area contributed by atoms with Crippen LogP contribution in [0.1, 0.15) is 56.9 Å². The Hall–Kier alpha value is -0.870. The highest BCUT2D eigenvalue weighted by Crippen LogP contribution is 2.30. The Balaban J connectivity index is 2.34. The lowest BCUT2D eigenvalue weighted by molar-refractivity contribution is 0.0978. The summed E-state index contributed by atoms with van der Waals surface area (Å²) >= 11 is 0. The van der Waals surface area contributed by atoms with Crippen molar-refractivity contribution in [3.63, 3.8) is 0 Å². The van der Waals surface area contributed by atoms with Crippen molar-refractivity contribution in [2.24, 2.45) is 0 Å². The summed E-state index contributed by atoms with van der Waals surface area (Å²) in [6.45, 7) is 13.5. The molecule has 0 amide bonds. The lowest BCUT2D eigenvalue weighted by Gasteiger charge is -2.17. The molecule has 0 bridgehead atoms. The molecule has 0 radical (unpaired) electrons. The molecule has 96 valence electrons. The van der Waals surface area contributed by atoms with Gasteiger partial charge in [-0.05, 0) is 41.5 Å². The third kappa shape index (κ3) is 2.24. The van der Waals surface area contributed by atoms with E-state index in [1.54, 1.807) is 0 Å². The Bertz CT molecular complexity index is 421. The smallest absolute Gasteiger partial charge is 0.138 e. The number of aryl methyl sites for hydroxylation is 1. The van der Waals surface area contributed by atoms with Crippen molar-refractivity contribution in [3.05, 3.63) is 17.0 Å². The molecule has 1 aromatic rings. The first-order chi connectivity index (χ1) is 7.82. The van der Waals surface area contributed by atoms with Gasteiger partial charge in [0.25, 0.3) is 0 Å². The Kier molecular flexibility index (Phi) is 3.04. The van der Waals surface area contributed by atoms with Gasteiger partial charge >= 0.3 is 0 Å². The van der Waals surface area contributed by atoms with Crippen LogP contribution in [0.25, 0.3) is 0 Å². The zero-order valence-electron chi connectivity index (χ0n) is 11.7. The van der Waals surface area contributed by atoms with E-state index in [0.717, 1.165) is 12.3 Å². The molecule has 0 spiro atoms. The van der Waals surface area contributed by atoms with Gasteiger partial charge < -0.3 is 4.74 Å². The maximum absolute atomic E-state index is 5.84. The lowest BCUT2D eigenvalue weighted by atomic mass is 10.1. The topological polar surface area (TPSA) is 39.1 Å². The quantitative estimate of drug-likeness (QED) is 0.859. The van der Waals surface area contributed by atoms with Crippen molar-refractivity contribution in [2.45, 2.75) is 59.4 Å². The van der Waals surface area contributed by atoms with Crippen LogP contribution >= 0.6 is 0 Å². The van der Waals surface area contributed by atoms with E-state index in [1.807, 2.05) is 0 Å². The fourth-order valence-electron chi connectivity index (χ4n) is 2.44. The number of nitrogens with zero attached hydrogens (tertiary/aromatic N) is 2. The fourth-order valence-corrected chi connectivity index (χ4v) is 2.44. The summed E-state index contributed by atoms with van der Waals surface area (Å²) in [5.41, 5.74) is 3.51. The van der Waals surface area contributed by atoms with Gasteiger partial charge in [-0.15, -0.1) is 0 Å². The van der Waals surface area contributed by atoms with Crippen LogP contribution in [-0.2, 0) is 4.74 Å². The number of rotatable bonds is 2. The van der Waals surface area contributed by atoms with Crippen LogP contribution in [0.2, 0.25) is 0 Å². The van der Waals surface area contributed by atoms with E-state index in [2.05, 4.69) is 56.6 Å². The number of hydrogen-bond acceptors (Lipinski definition) is 3. The summed E-state index contributed by atoms with van der Waals surface area (Å²) in [5.74, 6) is 0. The molecule has 1 aromatic heterocycles. The maximum Gasteiger partial charge on any atom is 0.138 e. The number of hydrogen-bond donors (Lipinski definition) is 1. The summed E-state index contributed by atoms with van der Waals surface area (Å²) < 4.78 is 7.92. The second kappa shape index (κ2) is 4.10. The van der Waals surface area contributed by atoms with Gasteiger partial charge in [-0.2, -0.15) is 5.10 Å². The molecule has 1 aliphatic rings. The first kappa shape index (κ1) is 12.6. The van der Waals surface area contributed by atoms with Gasteiger partial charge in [0.05, 0.1) is 12.3 Å². The van der Waals surface area contributed by atoms with E-state index in [0.29, 0.717) is 6.04 Å². The molecule has 17 heavy (non-hydrogen) atoms. The van der Waals surface area contributed by atoms with Gasteiger partial charge in [-0.1, -0.05) is 0 Å². The molecule has 4 heteroatoms. The molecule has 1 unspecified atom stereocenters. The summed E-state index contributed by atoms with van der Waals surface area (Å²) in [7, 11) is 0. The molecule has 1 fully saturated rings. The molecule has 1 N–H and O–H groups in total. The number of aromatic nitrogens is 2. The molecule has 2 heterocycles. The summed E-state index contributed by atoms with van der Waals surface area (Å²) in [6, 6.07) is 0.386. The number of nitrogens with one attached hydrogen (secondary N) is 1. The SMILES string of the molecule is Cc1nn(C(C)C)c(C)c1C1NC(C)(C)CO1. The largest absolute Gasteiger partial charge is 0.357 e. The minimum atomic E-state index is -0.0162. The minimum absolute atomic E-state index is 0.0162. The van der Waals surface area contributed by atoms with Crippen molar-refractivity contribution in [2.75, 3.05) is 6.61 Å². The van der Waals surface area contributed by atoms with E-state index >= 15 is 0 Å². The normalized spacial score (nSPS) is 23.6. The van der Waals surface area contributed by atoms with Crippen LogP contribution < -0.4 is 5.32 Å². The zero-order valence-corrected chi connectivity index (χ0v) is 11.7. The standard InChI is InChI=1S/C13H23N3O/c1-8(2)16-10(4)11(9(3)15-16)12-14-13(5,6)7-17-12/h8,12,14H,7H2,1-6H3. The van der Waals surface area contributed by atoms with Gasteiger partial charge in [0.1, 0.15) is 6.23 Å².